The molecule has 0 fully saturated rings. The molecule has 2 amide bonds. The van der Waals surface area contributed by atoms with Crippen LogP contribution < -0.4 is 15.5 Å². The molecular weight excluding hydrogens is 434 g/mol. The van der Waals surface area contributed by atoms with Crippen molar-refractivity contribution >= 4 is 39.6 Å². The summed E-state index contributed by atoms with van der Waals surface area (Å²) in [5, 5.41) is 6.36. The first-order chi connectivity index (χ1) is 14.1. The lowest BCUT2D eigenvalue weighted by molar-refractivity contribution is -0.136. The Labute approximate surface area is 176 Å². The van der Waals surface area contributed by atoms with Crippen molar-refractivity contribution in [3.05, 3.63) is 94.5 Å². The number of hydrogen-bond donors (Lipinski definition) is 2. The number of para-hydroxylation sites is 1. The number of hydrazone groups is 1. The Kier molecular flexibility index (Phi) is 7.13. The van der Waals surface area contributed by atoms with Crippen LogP contribution in [-0.2, 0) is 16.2 Å². The van der Waals surface area contributed by atoms with E-state index in [0.29, 0.717) is 23.6 Å². The number of benzene rings is 3. The zero-order chi connectivity index (χ0) is 20.5. The van der Waals surface area contributed by atoms with Gasteiger partial charge in [-0.15, -0.1) is 0 Å². The first-order valence-corrected chi connectivity index (χ1v) is 9.57. The van der Waals surface area contributed by atoms with Crippen LogP contribution >= 0.6 is 15.9 Å². The molecular formula is C22H18BrN3O3. The van der Waals surface area contributed by atoms with E-state index in [9.17, 15) is 9.59 Å². The van der Waals surface area contributed by atoms with E-state index < -0.39 is 11.8 Å². The molecule has 0 bridgehead atoms. The smallest absolute Gasteiger partial charge is 0.329 e. The van der Waals surface area contributed by atoms with Gasteiger partial charge in [0.2, 0.25) is 0 Å². The molecule has 0 aromatic heterocycles. The number of amides is 2. The number of rotatable bonds is 6. The average Bonchev–Trinajstić information content (AvgIpc) is 2.75. The predicted octanol–water partition coefficient (Wildman–Crippen LogP) is 4.12. The highest BCUT2D eigenvalue weighted by atomic mass is 79.9. The number of carbonyl (C=O) groups is 2. The SMILES string of the molecule is O=C(NN=Cc1ccccc1OCc1ccccc1)C(=O)Nc1ccc(Br)cc1. The van der Waals surface area contributed by atoms with Gasteiger partial charge in [0.15, 0.2) is 0 Å². The second-order valence-corrected chi connectivity index (χ2v) is 6.89. The van der Waals surface area contributed by atoms with Gasteiger partial charge in [0.25, 0.3) is 0 Å². The van der Waals surface area contributed by atoms with Crippen molar-refractivity contribution in [3.63, 3.8) is 0 Å². The van der Waals surface area contributed by atoms with E-state index in [1.54, 1.807) is 30.3 Å². The molecule has 0 spiro atoms. The molecule has 0 saturated heterocycles. The maximum atomic E-state index is 11.9. The van der Waals surface area contributed by atoms with Crippen LogP contribution in [0.15, 0.2) is 88.4 Å². The largest absolute Gasteiger partial charge is 0.488 e. The molecule has 3 aromatic rings. The first kappa shape index (κ1) is 20.3. The van der Waals surface area contributed by atoms with Crippen LogP contribution in [0.25, 0.3) is 0 Å². The number of hydrogen-bond acceptors (Lipinski definition) is 4. The minimum atomic E-state index is -0.869. The second-order valence-electron chi connectivity index (χ2n) is 5.97. The maximum absolute atomic E-state index is 11.9. The Bertz CT molecular complexity index is 1010. The van der Waals surface area contributed by atoms with Crippen molar-refractivity contribution in [1.29, 1.82) is 0 Å². The minimum absolute atomic E-state index is 0.410. The van der Waals surface area contributed by atoms with E-state index in [2.05, 4.69) is 31.8 Å². The lowest BCUT2D eigenvalue weighted by Crippen LogP contribution is -2.32. The Hall–Kier alpha value is -3.45. The molecule has 2 N–H and O–H groups in total. The molecule has 146 valence electrons. The molecule has 0 aliphatic carbocycles. The summed E-state index contributed by atoms with van der Waals surface area (Å²) < 4.78 is 6.70. The summed E-state index contributed by atoms with van der Waals surface area (Å²) in [6.07, 6.45) is 1.44. The van der Waals surface area contributed by atoms with Gasteiger partial charge in [0.05, 0.1) is 6.21 Å². The highest BCUT2D eigenvalue weighted by molar-refractivity contribution is 9.10. The average molecular weight is 452 g/mol. The number of halogens is 1. The van der Waals surface area contributed by atoms with Crippen molar-refractivity contribution in [1.82, 2.24) is 5.43 Å². The molecule has 0 heterocycles. The van der Waals surface area contributed by atoms with Crippen molar-refractivity contribution in [2.75, 3.05) is 5.32 Å². The lowest BCUT2D eigenvalue weighted by atomic mass is 10.2. The predicted molar refractivity (Wildman–Crippen MR) is 116 cm³/mol. The van der Waals surface area contributed by atoms with Crippen molar-refractivity contribution in [2.45, 2.75) is 6.61 Å². The highest BCUT2D eigenvalue weighted by Crippen LogP contribution is 2.17. The van der Waals surface area contributed by atoms with Crippen LogP contribution in [0.2, 0.25) is 0 Å². The molecule has 0 unspecified atom stereocenters. The first-order valence-electron chi connectivity index (χ1n) is 8.77. The van der Waals surface area contributed by atoms with E-state index in [1.165, 1.54) is 6.21 Å². The third-order valence-electron chi connectivity index (χ3n) is 3.83. The molecule has 3 rings (SSSR count). The number of carbonyl (C=O) groups excluding carboxylic acids is 2. The number of nitrogens with zero attached hydrogens (tertiary/aromatic N) is 1. The van der Waals surface area contributed by atoms with Crippen LogP contribution in [0, 0.1) is 0 Å². The summed E-state index contributed by atoms with van der Waals surface area (Å²) in [4.78, 5) is 23.9. The van der Waals surface area contributed by atoms with Gasteiger partial charge >= 0.3 is 11.8 Å². The van der Waals surface area contributed by atoms with Gasteiger partial charge in [-0.25, -0.2) is 5.43 Å². The topological polar surface area (TPSA) is 79.8 Å². The highest BCUT2D eigenvalue weighted by Gasteiger charge is 2.12. The van der Waals surface area contributed by atoms with Crippen molar-refractivity contribution < 1.29 is 14.3 Å². The normalized spacial score (nSPS) is 10.5. The standard InChI is InChI=1S/C22H18BrN3O3/c23-18-10-12-19(13-11-18)25-21(27)22(28)26-24-14-17-8-4-5-9-20(17)29-15-16-6-2-1-3-7-16/h1-14H,15H2,(H,25,27)(H,26,28). The summed E-state index contributed by atoms with van der Waals surface area (Å²) in [5.41, 5.74) is 4.45. The van der Waals surface area contributed by atoms with Crippen LogP contribution in [0.4, 0.5) is 5.69 Å². The molecule has 7 heteroatoms. The molecule has 3 aromatic carbocycles. The van der Waals surface area contributed by atoms with Gasteiger partial charge in [0, 0.05) is 15.7 Å². The molecule has 0 atom stereocenters. The Morgan fingerprint density at radius 2 is 1.59 bits per heavy atom. The summed E-state index contributed by atoms with van der Waals surface area (Å²) in [6.45, 7) is 0.410. The third kappa shape index (κ3) is 6.29. The Morgan fingerprint density at radius 1 is 0.897 bits per heavy atom. The Morgan fingerprint density at radius 3 is 2.34 bits per heavy atom. The van der Waals surface area contributed by atoms with Crippen LogP contribution in [0.5, 0.6) is 5.75 Å². The molecule has 0 aliphatic rings. The van der Waals surface area contributed by atoms with Gasteiger partial charge in [-0.1, -0.05) is 58.4 Å². The van der Waals surface area contributed by atoms with E-state index in [1.807, 2.05) is 48.5 Å². The lowest BCUT2D eigenvalue weighted by Gasteiger charge is -2.09. The quantitative estimate of drug-likeness (QED) is 0.336. The minimum Gasteiger partial charge on any atom is -0.488 e. The van der Waals surface area contributed by atoms with E-state index in [4.69, 9.17) is 4.74 Å². The summed E-state index contributed by atoms with van der Waals surface area (Å²) in [5.74, 6) is -1.06. The molecule has 6 nitrogen and oxygen atoms in total. The van der Waals surface area contributed by atoms with Gasteiger partial charge < -0.3 is 10.1 Å². The van der Waals surface area contributed by atoms with Crippen molar-refractivity contribution in [3.8, 4) is 5.75 Å². The van der Waals surface area contributed by atoms with Crippen molar-refractivity contribution in [2.24, 2.45) is 5.10 Å². The summed E-state index contributed by atoms with van der Waals surface area (Å²) in [7, 11) is 0. The van der Waals surface area contributed by atoms with Gasteiger partial charge in [-0.3, -0.25) is 9.59 Å². The second kappa shape index (κ2) is 10.2. The van der Waals surface area contributed by atoms with Gasteiger partial charge in [-0.05, 0) is 42.0 Å². The molecule has 0 aliphatic heterocycles. The third-order valence-corrected chi connectivity index (χ3v) is 4.36. The maximum Gasteiger partial charge on any atom is 0.329 e. The van der Waals surface area contributed by atoms with E-state index in [0.717, 1.165) is 10.0 Å². The van der Waals surface area contributed by atoms with E-state index >= 15 is 0 Å². The van der Waals surface area contributed by atoms with Crippen LogP contribution in [0.1, 0.15) is 11.1 Å². The number of anilines is 1. The monoisotopic (exact) mass is 451 g/mol. The zero-order valence-corrected chi connectivity index (χ0v) is 16.9. The van der Waals surface area contributed by atoms with Gasteiger partial charge in [-0.2, -0.15) is 5.10 Å². The fraction of sp³-hybridized carbons (Fsp3) is 0.0455. The Balaban J connectivity index is 1.56. The van der Waals surface area contributed by atoms with Crippen LogP contribution in [0.3, 0.4) is 0 Å². The molecule has 29 heavy (non-hydrogen) atoms. The van der Waals surface area contributed by atoms with E-state index in [-0.39, 0.29) is 0 Å². The van der Waals surface area contributed by atoms with Gasteiger partial charge in [0.1, 0.15) is 12.4 Å². The summed E-state index contributed by atoms with van der Waals surface area (Å²) >= 11 is 3.31. The molecule has 0 radical (unpaired) electrons. The fourth-order valence-corrected chi connectivity index (χ4v) is 2.65. The fourth-order valence-electron chi connectivity index (χ4n) is 2.39. The summed E-state index contributed by atoms with van der Waals surface area (Å²) in [6, 6.07) is 24.0. The van der Waals surface area contributed by atoms with Crippen LogP contribution in [-0.4, -0.2) is 18.0 Å². The molecule has 0 saturated carbocycles. The zero-order valence-electron chi connectivity index (χ0n) is 15.3. The number of ether oxygens (including phenoxy) is 1. The number of nitrogens with one attached hydrogen (secondary N) is 2.